The molecule has 0 saturated carbocycles. The maximum absolute atomic E-state index is 5.57. The van der Waals surface area contributed by atoms with E-state index in [0.717, 1.165) is 6.61 Å². The fourth-order valence-corrected chi connectivity index (χ4v) is 1.66. The second kappa shape index (κ2) is 4.42. The van der Waals surface area contributed by atoms with Crippen molar-refractivity contribution in [2.45, 2.75) is 46.0 Å². The Morgan fingerprint density at radius 3 is 2.55 bits per heavy atom. The van der Waals surface area contributed by atoms with Crippen molar-refractivity contribution in [3.8, 4) is 0 Å². The van der Waals surface area contributed by atoms with Crippen molar-refractivity contribution < 1.29 is 4.74 Å². The number of hydrogen-bond acceptors (Lipinski definition) is 1. The Hall–Kier alpha value is -0.460. The van der Waals surface area contributed by atoms with Crippen molar-refractivity contribution >= 4 is 0 Å². The van der Waals surface area contributed by atoms with Gasteiger partial charge in [-0.1, -0.05) is 6.92 Å². The van der Waals surface area contributed by atoms with E-state index in [0.29, 0.717) is 0 Å². The third-order valence-corrected chi connectivity index (χ3v) is 2.27. The zero-order valence-electron chi connectivity index (χ0n) is 7.65. The van der Waals surface area contributed by atoms with Gasteiger partial charge in [-0.3, -0.25) is 0 Å². The van der Waals surface area contributed by atoms with Crippen molar-refractivity contribution in [3.63, 3.8) is 0 Å². The van der Waals surface area contributed by atoms with Gasteiger partial charge < -0.3 is 4.74 Å². The smallest absolute Gasteiger partial charge is 0.0951 e. The molecule has 0 heterocycles. The van der Waals surface area contributed by atoms with Crippen molar-refractivity contribution in [1.29, 1.82) is 0 Å². The van der Waals surface area contributed by atoms with Crippen molar-refractivity contribution in [3.05, 3.63) is 11.3 Å². The van der Waals surface area contributed by atoms with E-state index in [1.54, 1.807) is 5.57 Å². The van der Waals surface area contributed by atoms with Crippen LogP contribution in [0.25, 0.3) is 0 Å². The topological polar surface area (TPSA) is 9.23 Å². The largest absolute Gasteiger partial charge is 0.498 e. The van der Waals surface area contributed by atoms with E-state index >= 15 is 0 Å². The van der Waals surface area contributed by atoms with E-state index < -0.39 is 0 Å². The van der Waals surface area contributed by atoms with Crippen molar-refractivity contribution in [1.82, 2.24) is 0 Å². The molecule has 64 valence electrons. The highest BCUT2D eigenvalue weighted by Gasteiger charge is 2.11. The molecule has 0 aromatic rings. The minimum atomic E-state index is 0.832. The molecular weight excluding hydrogens is 136 g/mol. The highest BCUT2D eigenvalue weighted by Crippen LogP contribution is 2.27. The van der Waals surface area contributed by atoms with E-state index in [4.69, 9.17) is 4.74 Å². The standard InChI is InChI=1S/C10H18O/c1-3-9-7-5-6-8-10(9)11-4-2/h3-8H2,1-2H3. The molecule has 0 saturated heterocycles. The predicted octanol–water partition coefficient (Wildman–Crippen LogP) is 3.26. The highest BCUT2D eigenvalue weighted by molar-refractivity contribution is 5.10. The summed E-state index contributed by atoms with van der Waals surface area (Å²) in [6, 6.07) is 0. The average molecular weight is 154 g/mol. The van der Waals surface area contributed by atoms with Gasteiger partial charge in [0.05, 0.1) is 12.4 Å². The van der Waals surface area contributed by atoms with Crippen LogP contribution in [0.3, 0.4) is 0 Å². The molecule has 0 unspecified atom stereocenters. The monoisotopic (exact) mass is 154 g/mol. The molecule has 11 heavy (non-hydrogen) atoms. The van der Waals surface area contributed by atoms with Gasteiger partial charge >= 0.3 is 0 Å². The van der Waals surface area contributed by atoms with Crippen LogP contribution in [0.2, 0.25) is 0 Å². The molecule has 1 heteroatoms. The molecule has 1 aliphatic carbocycles. The van der Waals surface area contributed by atoms with Crippen LogP contribution in [0.15, 0.2) is 11.3 Å². The first-order valence-corrected chi connectivity index (χ1v) is 4.72. The second-order valence-electron chi connectivity index (χ2n) is 3.02. The normalized spacial score (nSPS) is 18.7. The van der Waals surface area contributed by atoms with Crippen molar-refractivity contribution in [2.24, 2.45) is 0 Å². The van der Waals surface area contributed by atoms with Gasteiger partial charge in [-0.25, -0.2) is 0 Å². The van der Waals surface area contributed by atoms with E-state index in [1.165, 1.54) is 37.9 Å². The fourth-order valence-electron chi connectivity index (χ4n) is 1.66. The molecule has 0 N–H and O–H groups in total. The summed E-state index contributed by atoms with van der Waals surface area (Å²) in [7, 11) is 0. The van der Waals surface area contributed by atoms with Crippen LogP contribution in [0, 0.1) is 0 Å². The summed E-state index contributed by atoms with van der Waals surface area (Å²) >= 11 is 0. The predicted molar refractivity (Wildman–Crippen MR) is 47.4 cm³/mol. The maximum Gasteiger partial charge on any atom is 0.0951 e. The van der Waals surface area contributed by atoms with E-state index in [1.807, 2.05) is 0 Å². The number of rotatable bonds is 3. The molecule has 0 fully saturated rings. The second-order valence-corrected chi connectivity index (χ2v) is 3.02. The summed E-state index contributed by atoms with van der Waals surface area (Å²) in [5.41, 5.74) is 1.55. The minimum absolute atomic E-state index is 0.832. The third-order valence-electron chi connectivity index (χ3n) is 2.27. The summed E-state index contributed by atoms with van der Waals surface area (Å²) in [5, 5.41) is 0. The first kappa shape index (κ1) is 8.63. The van der Waals surface area contributed by atoms with E-state index in [9.17, 15) is 0 Å². The van der Waals surface area contributed by atoms with Crippen LogP contribution in [0.5, 0.6) is 0 Å². The third kappa shape index (κ3) is 2.25. The number of hydrogen-bond donors (Lipinski definition) is 0. The molecule has 0 spiro atoms. The summed E-state index contributed by atoms with van der Waals surface area (Å²) in [6.45, 7) is 5.12. The first-order chi connectivity index (χ1) is 5.38. The van der Waals surface area contributed by atoms with Crippen LogP contribution in [-0.2, 0) is 4.74 Å². The Morgan fingerprint density at radius 1 is 1.18 bits per heavy atom. The molecule has 1 nitrogen and oxygen atoms in total. The van der Waals surface area contributed by atoms with Crippen LogP contribution >= 0.6 is 0 Å². The molecule has 0 aliphatic heterocycles. The Balaban J connectivity index is 2.57. The van der Waals surface area contributed by atoms with Crippen LogP contribution in [-0.4, -0.2) is 6.61 Å². The van der Waals surface area contributed by atoms with Gasteiger partial charge in [0.2, 0.25) is 0 Å². The lowest BCUT2D eigenvalue weighted by Gasteiger charge is -2.19. The molecule has 0 atom stereocenters. The molecule has 0 bridgehead atoms. The van der Waals surface area contributed by atoms with Gasteiger partial charge in [-0.2, -0.15) is 0 Å². The minimum Gasteiger partial charge on any atom is -0.498 e. The Bertz CT molecular complexity index is 147. The number of allylic oxidation sites excluding steroid dienone is 2. The summed E-state index contributed by atoms with van der Waals surface area (Å²) in [6.07, 6.45) is 6.30. The molecule has 0 aromatic carbocycles. The molecular formula is C10H18O. The van der Waals surface area contributed by atoms with Gasteiger partial charge in [0, 0.05) is 6.42 Å². The summed E-state index contributed by atoms with van der Waals surface area (Å²) in [5.74, 6) is 1.29. The molecule has 0 radical (unpaired) electrons. The molecule has 1 aliphatic rings. The molecule has 1 rings (SSSR count). The zero-order valence-corrected chi connectivity index (χ0v) is 7.65. The Labute approximate surface area is 69.4 Å². The van der Waals surface area contributed by atoms with E-state index in [2.05, 4.69) is 13.8 Å². The van der Waals surface area contributed by atoms with Gasteiger partial charge in [-0.15, -0.1) is 0 Å². The SMILES string of the molecule is CCOC1=C(CC)CCCC1. The maximum atomic E-state index is 5.57. The van der Waals surface area contributed by atoms with Crippen LogP contribution in [0.4, 0.5) is 0 Å². The zero-order chi connectivity index (χ0) is 8.10. The Kier molecular flexibility index (Phi) is 3.47. The summed E-state index contributed by atoms with van der Waals surface area (Å²) < 4.78 is 5.57. The lowest BCUT2D eigenvalue weighted by atomic mass is 9.96. The van der Waals surface area contributed by atoms with Gasteiger partial charge in [-0.05, 0) is 38.2 Å². The van der Waals surface area contributed by atoms with Gasteiger partial charge in [0.25, 0.3) is 0 Å². The molecule has 0 amide bonds. The quantitative estimate of drug-likeness (QED) is 0.606. The number of ether oxygens (including phenoxy) is 1. The fraction of sp³-hybridized carbons (Fsp3) is 0.800. The first-order valence-electron chi connectivity index (χ1n) is 4.72. The van der Waals surface area contributed by atoms with E-state index in [-0.39, 0.29) is 0 Å². The lowest BCUT2D eigenvalue weighted by molar-refractivity contribution is 0.205. The summed E-state index contributed by atoms with van der Waals surface area (Å²) in [4.78, 5) is 0. The highest BCUT2D eigenvalue weighted by atomic mass is 16.5. The molecule has 0 aromatic heterocycles. The van der Waals surface area contributed by atoms with Crippen LogP contribution in [0.1, 0.15) is 46.0 Å². The average Bonchev–Trinajstić information content (AvgIpc) is 2.06. The lowest BCUT2D eigenvalue weighted by Crippen LogP contribution is -2.02. The Morgan fingerprint density at radius 2 is 1.91 bits per heavy atom. The van der Waals surface area contributed by atoms with Gasteiger partial charge in [0.15, 0.2) is 0 Å². The van der Waals surface area contributed by atoms with Crippen molar-refractivity contribution in [2.75, 3.05) is 6.61 Å². The van der Waals surface area contributed by atoms with Crippen LogP contribution < -0.4 is 0 Å². The van der Waals surface area contributed by atoms with Gasteiger partial charge in [0.1, 0.15) is 0 Å².